The van der Waals surface area contributed by atoms with E-state index in [4.69, 9.17) is 0 Å². The summed E-state index contributed by atoms with van der Waals surface area (Å²) in [5.41, 5.74) is 18.3. The van der Waals surface area contributed by atoms with Gasteiger partial charge in [0.25, 0.3) is 6.71 Å². The van der Waals surface area contributed by atoms with Crippen LogP contribution in [0.1, 0.15) is 49.9 Å². The van der Waals surface area contributed by atoms with Gasteiger partial charge in [0.1, 0.15) is 0 Å². The van der Waals surface area contributed by atoms with Crippen LogP contribution >= 0.6 is 11.3 Å². The number of anilines is 6. The summed E-state index contributed by atoms with van der Waals surface area (Å²) in [5, 5.41) is 9.18. The Hall–Kier alpha value is -6.62. The smallest absolute Gasteiger partial charge is 0.264 e. The zero-order chi connectivity index (χ0) is 41.6. The first kappa shape index (κ1) is 37.2. The lowest BCUT2D eigenvalue weighted by atomic mass is 9.36. The predicted molar refractivity (Wildman–Crippen MR) is 271 cm³/mol. The molecule has 298 valence electrons. The summed E-state index contributed by atoms with van der Waals surface area (Å²) in [6.07, 6.45) is 3.97. The predicted octanol–water partition coefficient (Wildman–Crippen LogP) is 14.4. The van der Waals surface area contributed by atoms with Crippen LogP contribution in [0.15, 0.2) is 164 Å². The molecule has 0 saturated carbocycles. The number of hydrogen-bond acceptors (Lipinski definition) is 3. The Morgan fingerprint density at radius 3 is 1.74 bits per heavy atom. The molecule has 10 aromatic rings. The lowest BCUT2D eigenvalue weighted by Gasteiger charge is -2.43. The summed E-state index contributed by atoms with van der Waals surface area (Å²) >= 11 is 1.98. The largest absolute Gasteiger partial charge is 0.311 e. The SMILES string of the molecule is CCc1ccc(N2c3cccc4c3B(c3cc(CC)ccc3N4c3ccc(CC)c(-c4ccc5c6ccccc6c6ccccc6c5c4)c3)c3sc4ccc(CC)cc4c32)cc1. The van der Waals surface area contributed by atoms with E-state index in [1.54, 1.807) is 0 Å². The summed E-state index contributed by atoms with van der Waals surface area (Å²) in [6, 6.07) is 62.9. The molecule has 12 rings (SSSR count). The fourth-order valence-electron chi connectivity index (χ4n) is 10.7. The molecule has 4 heteroatoms. The van der Waals surface area contributed by atoms with Gasteiger partial charge in [-0.3, -0.25) is 0 Å². The number of rotatable bonds is 7. The van der Waals surface area contributed by atoms with E-state index < -0.39 is 0 Å². The Morgan fingerprint density at radius 2 is 1.05 bits per heavy atom. The topological polar surface area (TPSA) is 6.48 Å². The van der Waals surface area contributed by atoms with E-state index in [2.05, 4.69) is 201 Å². The molecule has 2 aliphatic heterocycles. The molecule has 0 amide bonds. The molecule has 0 radical (unpaired) electrons. The molecule has 0 bridgehead atoms. The van der Waals surface area contributed by atoms with E-state index in [0.717, 1.165) is 25.7 Å². The number of nitrogens with zero attached hydrogens (tertiary/aromatic N) is 2. The normalized spacial score (nSPS) is 13.0. The second-order valence-corrected chi connectivity index (χ2v) is 18.2. The van der Waals surface area contributed by atoms with Gasteiger partial charge >= 0.3 is 0 Å². The van der Waals surface area contributed by atoms with Crippen LogP contribution in [0.3, 0.4) is 0 Å². The second kappa shape index (κ2) is 14.5. The number of fused-ring (bicyclic) bond motifs is 12. The lowest BCUT2D eigenvalue weighted by molar-refractivity contribution is 1.13. The molecule has 3 heterocycles. The van der Waals surface area contributed by atoms with Crippen LogP contribution in [0.2, 0.25) is 0 Å². The van der Waals surface area contributed by atoms with Crippen LogP contribution in [-0.2, 0) is 25.7 Å². The second-order valence-electron chi connectivity index (χ2n) is 17.1. The van der Waals surface area contributed by atoms with Crippen LogP contribution in [0, 0.1) is 0 Å². The van der Waals surface area contributed by atoms with Crippen LogP contribution in [-0.4, -0.2) is 6.71 Å². The van der Waals surface area contributed by atoms with E-state index in [1.165, 1.54) is 126 Å². The molecule has 0 aliphatic carbocycles. The van der Waals surface area contributed by atoms with E-state index in [-0.39, 0.29) is 6.71 Å². The Labute approximate surface area is 368 Å². The minimum atomic E-state index is 0.112. The zero-order valence-electron chi connectivity index (χ0n) is 35.8. The van der Waals surface area contributed by atoms with Gasteiger partial charge in [0.15, 0.2) is 0 Å². The highest BCUT2D eigenvalue weighted by atomic mass is 32.1. The Morgan fingerprint density at radius 1 is 0.435 bits per heavy atom. The van der Waals surface area contributed by atoms with Crippen molar-refractivity contribution in [2.24, 2.45) is 0 Å². The molecular formula is C58H47BN2S. The van der Waals surface area contributed by atoms with Crippen molar-refractivity contribution in [3.8, 4) is 11.1 Å². The van der Waals surface area contributed by atoms with E-state index in [9.17, 15) is 0 Å². The number of aryl methyl sites for hydroxylation is 4. The summed E-state index contributed by atoms with van der Waals surface area (Å²) in [4.78, 5) is 5.16. The van der Waals surface area contributed by atoms with Crippen molar-refractivity contribution in [3.05, 3.63) is 186 Å². The molecule has 9 aromatic carbocycles. The molecule has 2 aliphatic rings. The van der Waals surface area contributed by atoms with Gasteiger partial charge in [-0.15, -0.1) is 11.3 Å². The summed E-state index contributed by atoms with van der Waals surface area (Å²) in [6.45, 7) is 9.19. The van der Waals surface area contributed by atoms with E-state index >= 15 is 0 Å². The molecule has 1 aromatic heterocycles. The van der Waals surface area contributed by atoms with Gasteiger partial charge in [0.2, 0.25) is 0 Å². The van der Waals surface area contributed by atoms with Gasteiger partial charge in [-0.25, -0.2) is 0 Å². The Balaban J connectivity index is 1.10. The van der Waals surface area contributed by atoms with Crippen molar-refractivity contribution < 1.29 is 0 Å². The maximum Gasteiger partial charge on any atom is 0.264 e. The van der Waals surface area contributed by atoms with Crippen molar-refractivity contribution in [2.75, 3.05) is 9.80 Å². The number of hydrogen-bond donors (Lipinski definition) is 0. The van der Waals surface area contributed by atoms with E-state index in [1.807, 2.05) is 11.3 Å². The first-order valence-electron chi connectivity index (χ1n) is 22.5. The van der Waals surface area contributed by atoms with Gasteiger partial charge in [-0.1, -0.05) is 131 Å². The van der Waals surface area contributed by atoms with Crippen LogP contribution in [0.4, 0.5) is 34.1 Å². The van der Waals surface area contributed by atoms with Crippen molar-refractivity contribution in [3.63, 3.8) is 0 Å². The molecule has 0 spiro atoms. The molecule has 2 nitrogen and oxygen atoms in total. The molecule has 0 N–H and O–H groups in total. The average Bonchev–Trinajstić information content (AvgIpc) is 3.72. The van der Waals surface area contributed by atoms with Gasteiger partial charge in [-0.2, -0.15) is 0 Å². The molecule has 62 heavy (non-hydrogen) atoms. The van der Waals surface area contributed by atoms with Gasteiger partial charge in [0.05, 0.1) is 5.69 Å². The third-order valence-electron chi connectivity index (χ3n) is 13.9. The fourth-order valence-corrected chi connectivity index (χ4v) is 12.0. The van der Waals surface area contributed by atoms with Gasteiger partial charge in [-0.05, 0) is 163 Å². The molecule has 0 fully saturated rings. The van der Waals surface area contributed by atoms with Crippen LogP contribution < -0.4 is 25.5 Å². The first-order chi connectivity index (χ1) is 30.6. The van der Waals surface area contributed by atoms with Crippen LogP contribution in [0.5, 0.6) is 0 Å². The maximum atomic E-state index is 2.59. The third-order valence-corrected chi connectivity index (χ3v) is 15.1. The molecular weight excluding hydrogens is 768 g/mol. The molecule has 0 atom stereocenters. The molecule has 0 unspecified atom stereocenters. The minimum absolute atomic E-state index is 0.112. The van der Waals surface area contributed by atoms with Crippen molar-refractivity contribution in [2.45, 2.75) is 53.4 Å². The fraction of sp³-hybridized carbons (Fsp3) is 0.138. The zero-order valence-corrected chi connectivity index (χ0v) is 36.6. The number of thiophene rings is 1. The van der Waals surface area contributed by atoms with Crippen molar-refractivity contribution in [1.82, 2.24) is 0 Å². The van der Waals surface area contributed by atoms with Gasteiger partial charge in [0, 0.05) is 43.3 Å². The minimum Gasteiger partial charge on any atom is -0.311 e. The Bertz CT molecular complexity index is 3400. The summed E-state index contributed by atoms with van der Waals surface area (Å²) in [7, 11) is 0. The quantitative estimate of drug-likeness (QED) is 0.117. The highest BCUT2D eigenvalue weighted by molar-refractivity contribution is 7.33. The lowest BCUT2D eigenvalue weighted by Crippen LogP contribution is -2.60. The monoisotopic (exact) mass is 814 g/mol. The van der Waals surface area contributed by atoms with Gasteiger partial charge < -0.3 is 9.80 Å². The number of benzene rings is 9. The standard InChI is InChI=1S/C58H47BN2S/c1-5-36-20-26-41(27-21-36)61-54-19-13-18-53-56(54)59(58-57(61)50-32-37(6-2)23-31-55(50)62-58)51-33-38(7-3)22-30-52(51)60(53)42-28-24-39(8-4)48(35-42)40-25-29-47-45-16-10-9-14-43(45)44-15-11-12-17-46(44)49(47)34-40/h9-35H,5-8H2,1-4H3. The third kappa shape index (κ3) is 5.49. The summed E-state index contributed by atoms with van der Waals surface area (Å²) in [5.74, 6) is 0. The summed E-state index contributed by atoms with van der Waals surface area (Å²) < 4.78 is 2.78. The first-order valence-corrected chi connectivity index (χ1v) is 23.3. The molecule has 0 saturated heterocycles. The Kier molecular flexibility index (Phi) is 8.69. The highest BCUT2D eigenvalue weighted by Crippen LogP contribution is 2.49. The average molecular weight is 815 g/mol. The maximum absolute atomic E-state index is 2.59. The van der Waals surface area contributed by atoms with Crippen molar-refractivity contribution in [1.29, 1.82) is 0 Å². The van der Waals surface area contributed by atoms with Crippen molar-refractivity contribution >= 4 is 110 Å². The van der Waals surface area contributed by atoms with E-state index in [0.29, 0.717) is 0 Å². The highest BCUT2D eigenvalue weighted by Gasteiger charge is 2.45. The van der Waals surface area contributed by atoms with Crippen LogP contribution in [0.25, 0.3) is 53.5 Å².